The Bertz CT molecular complexity index is 358. The van der Waals surface area contributed by atoms with Gasteiger partial charge in [-0.2, -0.15) is 0 Å². The highest BCUT2D eigenvalue weighted by atomic mass is 16.5. The smallest absolute Gasteiger partial charge is 0.127 e. The first-order chi connectivity index (χ1) is 6.58. The molecule has 0 fully saturated rings. The molecule has 76 valence electrons. The molecule has 1 aromatic rings. The number of hydrogen-bond donors (Lipinski definition) is 1. The average molecular weight is 191 g/mol. The van der Waals surface area contributed by atoms with Gasteiger partial charge in [0.15, 0.2) is 0 Å². The summed E-state index contributed by atoms with van der Waals surface area (Å²) in [6, 6.07) is 4.38. The number of hydrogen-bond acceptors (Lipinski definition) is 2. The average Bonchev–Trinajstić information content (AvgIpc) is 2.42. The molecule has 2 heteroatoms. The SMILES string of the molecule is Cc1cc2c(c(C(C)N)c1)OC(C)C2. The molecule has 1 aliphatic rings. The predicted octanol–water partition coefficient (Wildman–Crippen LogP) is 2.34. The number of ether oxygens (including phenoxy) is 1. The number of fused-ring (bicyclic) bond motifs is 1. The third-order valence-electron chi connectivity index (χ3n) is 2.66. The van der Waals surface area contributed by atoms with Crippen LogP contribution in [0.1, 0.15) is 36.6 Å². The lowest BCUT2D eigenvalue weighted by Gasteiger charge is -2.13. The molecule has 0 radical (unpaired) electrons. The van der Waals surface area contributed by atoms with Crippen molar-refractivity contribution in [2.24, 2.45) is 5.73 Å². The van der Waals surface area contributed by atoms with Crippen molar-refractivity contribution < 1.29 is 4.74 Å². The second-order valence-electron chi connectivity index (χ2n) is 4.26. The first-order valence-corrected chi connectivity index (χ1v) is 5.13. The van der Waals surface area contributed by atoms with E-state index in [-0.39, 0.29) is 6.04 Å². The Kier molecular flexibility index (Phi) is 2.23. The van der Waals surface area contributed by atoms with Gasteiger partial charge in [-0.25, -0.2) is 0 Å². The van der Waals surface area contributed by atoms with E-state index in [4.69, 9.17) is 10.5 Å². The summed E-state index contributed by atoms with van der Waals surface area (Å²) in [5.74, 6) is 1.03. The second-order valence-corrected chi connectivity index (χ2v) is 4.26. The largest absolute Gasteiger partial charge is 0.490 e. The van der Waals surface area contributed by atoms with Crippen LogP contribution in [0.5, 0.6) is 5.75 Å². The van der Waals surface area contributed by atoms with E-state index in [1.807, 2.05) is 6.92 Å². The van der Waals surface area contributed by atoms with E-state index in [2.05, 4.69) is 26.0 Å². The van der Waals surface area contributed by atoms with Crippen molar-refractivity contribution in [1.29, 1.82) is 0 Å². The van der Waals surface area contributed by atoms with Crippen LogP contribution < -0.4 is 10.5 Å². The molecule has 0 spiro atoms. The molecule has 2 N–H and O–H groups in total. The van der Waals surface area contributed by atoms with Crippen LogP contribution in [-0.2, 0) is 6.42 Å². The minimum Gasteiger partial charge on any atom is -0.490 e. The minimum absolute atomic E-state index is 0.0500. The van der Waals surface area contributed by atoms with Gasteiger partial charge in [0.25, 0.3) is 0 Å². The molecule has 0 aromatic heterocycles. The fourth-order valence-electron chi connectivity index (χ4n) is 2.06. The Morgan fingerprint density at radius 1 is 1.50 bits per heavy atom. The zero-order valence-corrected chi connectivity index (χ0v) is 9.00. The summed E-state index contributed by atoms with van der Waals surface area (Å²) in [5, 5.41) is 0. The number of nitrogens with two attached hydrogens (primary N) is 1. The van der Waals surface area contributed by atoms with E-state index in [0.29, 0.717) is 6.10 Å². The lowest BCUT2D eigenvalue weighted by atomic mass is 9.99. The Hall–Kier alpha value is -1.02. The normalized spacial score (nSPS) is 21.6. The first-order valence-electron chi connectivity index (χ1n) is 5.13. The summed E-state index contributed by atoms with van der Waals surface area (Å²) in [5.41, 5.74) is 9.65. The van der Waals surface area contributed by atoms with Crippen LogP contribution >= 0.6 is 0 Å². The van der Waals surface area contributed by atoms with Crippen molar-refractivity contribution in [1.82, 2.24) is 0 Å². The molecule has 0 saturated heterocycles. The zero-order chi connectivity index (χ0) is 10.3. The fourth-order valence-corrected chi connectivity index (χ4v) is 2.06. The van der Waals surface area contributed by atoms with Crippen molar-refractivity contribution in [3.63, 3.8) is 0 Å². The highest BCUT2D eigenvalue weighted by Gasteiger charge is 2.23. The maximum absolute atomic E-state index is 5.92. The van der Waals surface area contributed by atoms with Gasteiger partial charge in [0, 0.05) is 18.0 Å². The second kappa shape index (κ2) is 3.28. The molecule has 0 amide bonds. The van der Waals surface area contributed by atoms with Crippen molar-refractivity contribution in [2.45, 2.75) is 39.3 Å². The molecule has 14 heavy (non-hydrogen) atoms. The van der Waals surface area contributed by atoms with Crippen LogP contribution in [0.2, 0.25) is 0 Å². The number of aryl methyl sites for hydroxylation is 1. The summed E-state index contributed by atoms with van der Waals surface area (Å²) < 4.78 is 5.77. The zero-order valence-electron chi connectivity index (χ0n) is 9.00. The van der Waals surface area contributed by atoms with E-state index in [0.717, 1.165) is 17.7 Å². The van der Waals surface area contributed by atoms with Crippen LogP contribution in [0.15, 0.2) is 12.1 Å². The molecule has 2 atom stereocenters. The maximum Gasteiger partial charge on any atom is 0.127 e. The Balaban J connectivity index is 2.52. The van der Waals surface area contributed by atoms with Gasteiger partial charge >= 0.3 is 0 Å². The quantitative estimate of drug-likeness (QED) is 0.739. The van der Waals surface area contributed by atoms with E-state index >= 15 is 0 Å². The van der Waals surface area contributed by atoms with Crippen LogP contribution in [0, 0.1) is 6.92 Å². The van der Waals surface area contributed by atoms with Crippen LogP contribution in [0.4, 0.5) is 0 Å². The standard InChI is InChI=1S/C12H17NO/c1-7-4-10-6-8(2)14-12(10)11(5-7)9(3)13/h4-5,8-9H,6,13H2,1-3H3. The van der Waals surface area contributed by atoms with E-state index < -0.39 is 0 Å². The highest BCUT2D eigenvalue weighted by Crippen LogP contribution is 2.36. The fraction of sp³-hybridized carbons (Fsp3) is 0.500. The Labute approximate surface area is 85.1 Å². The van der Waals surface area contributed by atoms with Gasteiger partial charge in [-0.05, 0) is 26.3 Å². The summed E-state index contributed by atoms with van der Waals surface area (Å²) in [6.45, 7) is 6.21. The van der Waals surface area contributed by atoms with E-state index in [9.17, 15) is 0 Å². The maximum atomic E-state index is 5.92. The van der Waals surface area contributed by atoms with Gasteiger partial charge in [-0.3, -0.25) is 0 Å². The van der Waals surface area contributed by atoms with Crippen LogP contribution in [0.25, 0.3) is 0 Å². The molecule has 2 unspecified atom stereocenters. The first kappa shape index (κ1) is 9.53. The molecule has 1 heterocycles. The highest BCUT2D eigenvalue weighted by molar-refractivity contribution is 5.48. The third-order valence-corrected chi connectivity index (χ3v) is 2.66. The van der Waals surface area contributed by atoms with E-state index in [1.54, 1.807) is 0 Å². The summed E-state index contributed by atoms with van der Waals surface area (Å²) in [4.78, 5) is 0. The molecular weight excluding hydrogens is 174 g/mol. The summed E-state index contributed by atoms with van der Waals surface area (Å²) >= 11 is 0. The van der Waals surface area contributed by atoms with Gasteiger partial charge < -0.3 is 10.5 Å². The van der Waals surface area contributed by atoms with Crippen LogP contribution in [0.3, 0.4) is 0 Å². The molecule has 0 saturated carbocycles. The van der Waals surface area contributed by atoms with Gasteiger partial charge in [-0.15, -0.1) is 0 Å². The molecule has 0 aliphatic carbocycles. The van der Waals surface area contributed by atoms with Crippen molar-refractivity contribution in [2.75, 3.05) is 0 Å². The number of benzene rings is 1. The summed E-state index contributed by atoms with van der Waals surface area (Å²) in [6.07, 6.45) is 1.31. The Morgan fingerprint density at radius 3 is 2.86 bits per heavy atom. The Morgan fingerprint density at radius 2 is 2.21 bits per heavy atom. The molecule has 0 bridgehead atoms. The van der Waals surface area contributed by atoms with Crippen molar-refractivity contribution in [3.8, 4) is 5.75 Å². The molecule has 1 aliphatic heterocycles. The number of rotatable bonds is 1. The lowest BCUT2D eigenvalue weighted by Crippen LogP contribution is -2.09. The van der Waals surface area contributed by atoms with Gasteiger partial charge in [0.2, 0.25) is 0 Å². The van der Waals surface area contributed by atoms with Crippen molar-refractivity contribution in [3.05, 3.63) is 28.8 Å². The van der Waals surface area contributed by atoms with Gasteiger partial charge in [0.1, 0.15) is 11.9 Å². The predicted molar refractivity (Wildman–Crippen MR) is 57.6 cm³/mol. The van der Waals surface area contributed by atoms with E-state index in [1.165, 1.54) is 11.1 Å². The third kappa shape index (κ3) is 1.50. The molecular formula is C12H17NO. The monoisotopic (exact) mass is 191 g/mol. The van der Waals surface area contributed by atoms with Gasteiger partial charge in [0.05, 0.1) is 0 Å². The van der Waals surface area contributed by atoms with Crippen molar-refractivity contribution >= 4 is 0 Å². The minimum atomic E-state index is 0.0500. The van der Waals surface area contributed by atoms with Gasteiger partial charge in [-0.1, -0.05) is 17.7 Å². The summed E-state index contributed by atoms with van der Waals surface area (Å²) in [7, 11) is 0. The molecule has 2 nitrogen and oxygen atoms in total. The molecule has 1 aromatic carbocycles. The molecule has 2 rings (SSSR count). The topological polar surface area (TPSA) is 35.2 Å². The lowest BCUT2D eigenvalue weighted by molar-refractivity contribution is 0.251. The van der Waals surface area contributed by atoms with Crippen LogP contribution in [-0.4, -0.2) is 6.10 Å².